The number of rotatable bonds is 3. The van der Waals surface area contributed by atoms with Crippen LogP contribution in [0.25, 0.3) is 11.3 Å². The van der Waals surface area contributed by atoms with E-state index in [1.807, 2.05) is 36.6 Å². The molecule has 0 unspecified atom stereocenters. The van der Waals surface area contributed by atoms with Gasteiger partial charge < -0.3 is 4.98 Å². The van der Waals surface area contributed by atoms with Gasteiger partial charge in [0, 0.05) is 11.6 Å². The number of aromatic nitrogens is 2. The molecule has 0 fully saturated rings. The first-order chi connectivity index (χ1) is 7.79. The number of aromatic amines is 1. The van der Waals surface area contributed by atoms with Crippen molar-refractivity contribution in [2.75, 3.05) is 6.26 Å². The summed E-state index contributed by atoms with van der Waals surface area (Å²) in [5, 5.41) is 0. The first-order valence-corrected chi connectivity index (χ1v) is 6.33. The number of hydrogen-bond acceptors (Lipinski definition) is 3. The minimum absolute atomic E-state index is 0.0992. The summed E-state index contributed by atoms with van der Waals surface area (Å²) in [7, 11) is 0. The molecule has 0 aliphatic carbocycles. The van der Waals surface area contributed by atoms with E-state index in [1.54, 1.807) is 11.8 Å². The highest BCUT2D eigenvalue weighted by atomic mass is 32.2. The number of nitrogens with one attached hydrogen (secondary N) is 1. The van der Waals surface area contributed by atoms with Crippen molar-refractivity contribution in [1.82, 2.24) is 9.97 Å². The van der Waals surface area contributed by atoms with Gasteiger partial charge in [0.25, 0.3) is 5.56 Å². The Morgan fingerprint density at radius 2 is 2.06 bits per heavy atom. The normalized spacial score (nSPS) is 10.3. The number of thioether (sulfide) groups is 1. The van der Waals surface area contributed by atoms with Gasteiger partial charge in [0.1, 0.15) is 5.82 Å². The third kappa shape index (κ3) is 2.52. The molecule has 2 aromatic rings. The maximum absolute atomic E-state index is 11.5. The van der Waals surface area contributed by atoms with Gasteiger partial charge >= 0.3 is 0 Å². The standard InChI is InChI=1S/C12H12N2OS/c1-16-8-11-13-10(7-12(15)14-11)9-5-3-2-4-6-9/h2-7H,8H2,1H3,(H,13,14,15). The zero-order valence-electron chi connectivity index (χ0n) is 8.93. The second-order valence-corrected chi connectivity index (χ2v) is 4.24. The molecule has 0 spiro atoms. The van der Waals surface area contributed by atoms with Crippen LogP contribution in [-0.2, 0) is 5.75 Å². The summed E-state index contributed by atoms with van der Waals surface area (Å²) in [6, 6.07) is 11.2. The second kappa shape index (κ2) is 4.99. The lowest BCUT2D eigenvalue weighted by Gasteiger charge is -2.02. The predicted octanol–water partition coefficient (Wildman–Crippen LogP) is 2.30. The molecule has 1 N–H and O–H groups in total. The maximum atomic E-state index is 11.5. The minimum atomic E-state index is -0.0992. The Balaban J connectivity index is 2.45. The smallest absolute Gasteiger partial charge is 0.251 e. The Morgan fingerprint density at radius 1 is 1.31 bits per heavy atom. The summed E-state index contributed by atoms with van der Waals surface area (Å²) in [6.45, 7) is 0. The van der Waals surface area contributed by atoms with E-state index in [9.17, 15) is 4.79 Å². The molecule has 0 bridgehead atoms. The molecule has 0 aliphatic heterocycles. The zero-order valence-corrected chi connectivity index (χ0v) is 9.75. The lowest BCUT2D eigenvalue weighted by molar-refractivity contribution is 1.01. The van der Waals surface area contributed by atoms with Crippen LogP contribution in [0.3, 0.4) is 0 Å². The van der Waals surface area contributed by atoms with Gasteiger partial charge in [-0.2, -0.15) is 11.8 Å². The first-order valence-electron chi connectivity index (χ1n) is 4.94. The van der Waals surface area contributed by atoms with Crippen molar-refractivity contribution in [2.24, 2.45) is 0 Å². The Bertz CT molecular complexity index is 522. The fourth-order valence-corrected chi connectivity index (χ4v) is 1.88. The van der Waals surface area contributed by atoms with Crippen LogP contribution in [0.4, 0.5) is 0 Å². The van der Waals surface area contributed by atoms with Crippen LogP contribution in [-0.4, -0.2) is 16.2 Å². The largest absolute Gasteiger partial charge is 0.310 e. The molecule has 0 saturated carbocycles. The molecule has 82 valence electrons. The van der Waals surface area contributed by atoms with Crippen LogP contribution in [0.5, 0.6) is 0 Å². The molecule has 0 radical (unpaired) electrons. The predicted molar refractivity (Wildman–Crippen MR) is 67.5 cm³/mol. The fourth-order valence-electron chi connectivity index (χ4n) is 1.47. The molecule has 0 amide bonds. The molecule has 2 rings (SSSR count). The van der Waals surface area contributed by atoms with E-state index in [-0.39, 0.29) is 5.56 Å². The average Bonchev–Trinajstić information content (AvgIpc) is 2.30. The molecule has 1 heterocycles. The van der Waals surface area contributed by atoms with Crippen LogP contribution < -0.4 is 5.56 Å². The molecular formula is C12H12N2OS. The number of nitrogens with zero attached hydrogens (tertiary/aromatic N) is 1. The summed E-state index contributed by atoms with van der Waals surface area (Å²) < 4.78 is 0. The van der Waals surface area contributed by atoms with E-state index in [0.29, 0.717) is 0 Å². The molecule has 0 atom stereocenters. The molecular weight excluding hydrogens is 220 g/mol. The van der Waals surface area contributed by atoms with Crippen molar-refractivity contribution in [1.29, 1.82) is 0 Å². The SMILES string of the molecule is CSCc1nc(-c2ccccc2)cc(=O)[nH]1. The average molecular weight is 232 g/mol. The van der Waals surface area contributed by atoms with Crippen LogP contribution in [0.15, 0.2) is 41.2 Å². The van der Waals surface area contributed by atoms with E-state index < -0.39 is 0 Å². The second-order valence-electron chi connectivity index (χ2n) is 3.38. The third-order valence-corrected chi connectivity index (χ3v) is 2.70. The van der Waals surface area contributed by atoms with Crippen molar-refractivity contribution in [3.63, 3.8) is 0 Å². The zero-order chi connectivity index (χ0) is 11.4. The van der Waals surface area contributed by atoms with Gasteiger partial charge in [0.15, 0.2) is 0 Å². The molecule has 1 aromatic heterocycles. The monoisotopic (exact) mass is 232 g/mol. The van der Waals surface area contributed by atoms with E-state index in [2.05, 4.69) is 9.97 Å². The van der Waals surface area contributed by atoms with Crippen molar-refractivity contribution in [3.8, 4) is 11.3 Å². The quantitative estimate of drug-likeness (QED) is 0.883. The van der Waals surface area contributed by atoms with Crippen LogP contribution >= 0.6 is 11.8 Å². The third-order valence-electron chi connectivity index (χ3n) is 2.14. The maximum Gasteiger partial charge on any atom is 0.251 e. The highest BCUT2D eigenvalue weighted by Gasteiger charge is 2.02. The van der Waals surface area contributed by atoms with Crippen LogP contribution in [0, 0.1) is 0 Å². The van der Waals surface area contributed by atoms with Gasteiger partial charge in [0.2, 0.25) is 0 Å². The van der Waals surface area contributed by atoms with Gasteiger partial charge in [-0.25, -0.2) is 4.98 Å². The minimum Gasteiger partial charge on any atom is -0.310 e. The van der Waals surface area contributed by atoms with Crippen LogP contribution in [0.1, 0.15) is 5.82 Å². The molecule has 16 heavy (non-hydrogen) atoms. The number of hydrogen-bond donors (Lipinski definition) is 1. The molecule has 3 nitrogen and oxygen atoms in total. The Hall–Kier alpha value is -1.55. The Morgan fingerprint density at radius 3 is 2.75 bits per heavy atom. The van der Waals surface area contributed by atoms with E-state index in [0.717, 1.165) is 22.8 Å². The van der Waals surface area contributed by atoms with Crippen molar-refractivity contribution < 1.29 is 0 Å². The first kappa shape index (κ1) is 11.0. The number of H-pyrrole nitrogens is 1. The van der Waals surface area contributed by atoms with Crippen molar-refractivity contribution in [3.05, 3.63) is 52.6 Å². The summed E-state index contributed by atoms with van der Waals surface area (Å²) in [5.74, 6) is 1.44. The van der Waals surface area contributed by atoms with Crippen LogP contribution in [0.2, 0.25) is 0 Å². The van der Waals surface area contributed by atoms with Gasteiger partial charge in [-0.3, -0.25) is 4.79 Å². The van der Waals surface area contributed by atoms with Gasteiger partial charge in [0.05, 0.1) is 11.4 Å². The summed E-state index contributed by atoms with van der Waals surface area (Å²) in [6.07, 6.45) is 1.98. The highest BCUT2D eigenvalue weighted by Crippen LogP contribution is 2.15. The topological polar surface area (TPSA) is 45.8 Å². The lowest BCUT2D eigenvalue weighted by atomic mass is 10.1. The van der Waals surface area contributed by atoms with E-state index >= 15 is 0 Å². The molecule has 1 aromatic carbocycles. The highest BCUT2D eigenvalue weighted by molar-refractivity contribution is 7.97. The van der Waals surface area contributed by atoms with Crippen molar-refractivity contribution in [2.45, 2.75) is 5.75 Å². The Kier molecular flexibility index (Phi) is 3.41. The van der Waals surface area contributed by atoms with Gasteiger partial charge in [-0.15, -0.1) is 0 Å². The molecule has 0 saturated heterocycles. The lowest BCUT2D eigenvalue weighted by Crippen LogP contribution is -2.10. The molecule has 4 heteroatoms. The van der Waals surface area contributed by atoms with Gasteiger partial charge in [-0.05, 0) is 6.26 Å². The summed E-state index contributed by atoms with van der Waals surface area (Å²) >= 11 is 1.63. The fraction of sp³-hybridized carbons (Fsp3) is 0.167. The molecule has 0 aliphatic rings. The summed E-state index contributed by atoms with van der Waals surface area (Å²) in [5.41, 5.74) is 1.60. The number of benzene rings is 1. The van der Waals surface area contributed by atoms with Crippen molar-refractivity contribution >= 4 is 11.8 Å². The summed E-state index contributed by atoms with van der Waals surface area (Å²) in [4.78, 5) is 18.6. The van der Waals surface area contributed by atoms with Gasteiger partial charge in [-0.1, -0.05) is 30.3 Å². The van der Waals surface area contributed by atoms with E-state index in [4.69, 9.17) is 0 Å². The Labute approximate surface area is 97.9 Å². The van der Waals surface area contributed by atoms with E-state index in [1.165, 1.54) is 6.07 Å².